The Labute approximate surface area is 99.6 Å². The van der Waals surface area contributed by atoms with E-state index in [0.717, 1.165) is 6.20 Å². The number of hydrogen-bond donors (Lipinski definition) is 0. The summed E-state index contributed by atoms with van der Waals surface area (Å²) in [5.74, 6) is -0.582. The van der Waals surface area contributed by atoms with Gasteiger partial charge in [-0.1, -0.05) is 15.9 Å². The van der Waals surface area contributed by atoms with Crippen molar-refractivity contribution in [3.05, 3.63) is 24.1 Å². The molecule has 4 nitrogen and oxygen atoms in total. The van der Waals surface area contributed by atoms with Crippen molar-refractivity contribution in [1.29, 1.82) is 0 Å². The van der Waals surface area contributed by atoms with Gasteiger partial charge in [-0.15, -0.1) is 0 Å². The molecule has 84 valence electrons. The highest BCUT2D eigenvalue weighted by molar-refractivity contribution is 9.10. The molecule has 1 saturated heterocycles. The number of pyridine rings is 1. The quantitative estimate of drug-likeness (QED) is 0.577. The van der Waals surface area contributed by atoms with Crippen molar-refractivity contribution in [2.75, 3.05) is 11.4 Å². The van der Waals surface area contributed by atoms with Crippen LogP contribution in [0.15, 0.2) is 18.3 Å². The van der Waals surface area contributed by atoms with Crippen LogP contribution in [0.3, 0.4) is 0 Å². The van der Waals surface area contributed by atoms with Gasteiger partial charge in [0, 0.05) is 13.0 Å². The molecule has 1 fully saturated rings. The number of aromatic nitrogens is 1. The van der Waals surface area contributed by atoms with Crippen molar-refractivity contribution in [2.24, 2.45) is 0 Å². The van der Waals surface area contributed by atoms with Crippen LogP contribution in [0, 0.1) is 5.82 Å². The molecule has 1 atom stereocenters. The molecule has 1 aliphatic rings. The second-order valence-electron chi connectivity index (χ2n) is 3.40. The number of ketones is 1. The minimum absolute atomic E-state index is 0.136. The van der Waals surface area contributed by atoms with Gasteiger partial charge in [-0.05, 0) is 12.1 Å². The Hall–Kier alpha value is -1.30. The van der Waals surface area contributed by atoms with Crippen LogP contribution in [0.4, 0.5) is 10.2 Å². The third kappa shape index (κ3) is 1.97. The fourth-order valence-corrected chi connectivity index (χ4v) is 1.96. The second-order valence-corrected chi connectivity index (χ2v) is 4.32. The van der Waals surface area contributed by atoms with Crippen molar-refractivity contribution in [3.63, 3.8) is 0 Å². The summed E-state index contributed by atoms with van der Waals surface area (Å²) in [6, 6.07) is 2.65. The van der Waals surface area contributed by atoms with E-state index in [1.165, 1.54) is 17.0 Å². The molecular formula is C10H8BrFN2O2. The largest absolute Gasteiger partial charge is 0.298 e. The maximum Gasteiger partial charge on any atom is 0.249 e. The van der Waals surface area contributed by atoms with Crippen LogP contribution in [0.1, 0.15) is 6.42 Å². The van der Waals surface area contributed by atoms with E-state index in [2.05, 4.69) is 20.9 Å². The first-order valence-corrected chi connectivity index (χ1v) is 5.61. The molecule has 1 amide bonds. The molecule has 1 aromatic heterocycles. The number of hydrogen-bond acceptors (Lipinski definition) is 3. The lowest BCUT2D eigenvalue weighted by Crippen LogP contribution is -2.47. The minimum Gasteiger partial charge on any atom is -0.298 e. The van der Waals surface area contributed by atoms with Gasteiger partial charge in [-0.25, -0.2) is 9.37 Å². The molecule has 16 heavy (non-hydrogen) atoms. The molecule has 2 rings (SSSR count). The monoisotopic (exact) mass is 286 g/mol. The maximum absolute atomic E-state index is 12.7. The van der Waals surface area contributed by atoms with Gasteiger partial charge >= 0.3 is 0 Å². The van der Waals surface area contributed by atoms with E-state index >= 15 is 0 Å². The second kappa shape index (κ2) is 4.29. The number of carbonyl (C=O) groups is 2. The number of amides is 1. The lowest BCUT2D eigenvalue weighted by molar-refractivity contribution is -0.127. The van der Waals surface area contributed by atoms with E-state index in [1.54, 1.807) is 0 Å². The normalized spacial score (nSPS) is 21.4. The molecule has 0 spiro atoms. The van der Waals surface area contributed by atoms with Gasteiger partial charge in [-0.3, -0.25) is 14.5 Å². The number of carbonyl (C=O) groups excluding carboxylic acids is 2. The van der Waals surface area contributed by atoms with Gasteiger partial charge in [-0.2, -0.15) is 0 Å². The predicted octanol–water partition coefficient (Wildman–Crippen LogP) is 1.29. The number of rotatable bonds is 1. The average Bonchev–Trinajstić information content (AvgIpc) is 2.28. The van der Waals surface area contributed by atoms with E-state index in [4.69, 9.17) is 0 Å². The topological polar surface area (TPSA) is 50.3 Å². The summed E-state index contributed by atoms with van der Waals surface area (Å²) in [4.78, 5) is 27.4. The fraction of sp³-hybridized carbons (Fsp3) is 0.300. The molecule has 0 radical (unpaired) electrons. The van der Waals surface area contributed by atoms with Gasteiger partial charge in [0.1, 0.15) is 11.6 Å². The van der Waals surface area contributed by atoms with Crippen LogP contribution in [-0.4, -0.2) is 28.0 Å². The maximum atomic E-state index is 12.7. The van der Waals surface area contributed by atoms with E-state index in [1.807, 2.05) is 0 Å². The van der Waals surface area contributed by atoms with Gasteiger partial charge in [0.25, 0.3) is 0 Å². The highest BCUT2D eigenvalue weighted by Gasteiger charge is 2.34. The molecule has 0 bridgehead atoms. The standard InChI is InChI=1S/C10H8BrFN2O2/c11-9-7(15)3-4-14(10(9)16)8-2-1-6(12)5-13-8/h1-2,5,9H,3-4H2. The molecule has 1 aliphatic heterocycles. The molecule has 0 saturated carbocycles. The molecule has 1 unspecified atom stereocenters. The van der Waals surface area contributed by atoms with E-state index in [0.29, 0.717) is 12.4 Å². The summed E-state index contributed by atoms with van der Waals surface area (Å²) < 4.78 is 12.7. The van der Waals surface area contributed by atoms with E-state index < -0.39 is 10.6 Å². The van der Waals surface area contributed by atoms with Gasteiger partial charge in [0.05, 0.1) is 6.20 Å². The summed E-state index contributed by atoms with van der Waals surface area (Å²) in [7, 11) is 0. The van der Waals surface area contributed by atoms with Crippen LogP contribution in [-0.2, 0) is 9.59 Å². The Balaban J connectivity index is 2.25. The first-order valence-electron chi connectivity index (χ1n) is 4.69. The third-order valence-electron chi connectivity index (χ3n) is 2.34. The molecule has 1 aromatic rings. The Morgan fingerprint density at radius 1 is 1.44 bits per heavy atom. The molecule has 6 heteroatoms. The Kier molecular flexibility index (Phi) is 3.00. The summed E-state index contributed by atoms with van der Waals surface area (Å²) in [5, 5.41) is 0. The fourth-order valence-electron chi connectivity index (χ4n) is 1.49. The van der Waals surface area contributed by atoms with Crippen molar-refractivity contribution in [3.8, 4) is 0 Å². The third-order valence-corrected chi connectivity index (χ3v) is 3.24. The molecule has 0 N–H and O–H groups in total. The van der Waals surface area contributed by atoms with Crippen LogP contribution in [0.5, 0.6) is 0 Å². The van der Waals surface area contributed by atoms with E-state index in [-0.39, 0.29) is 18.1 Å². The summed E-state index contributed by atoms with van der Waals surface area (Å²) >= 11 is 3.03. The van der Waals surface area contributed by atoms with Gasteiger partial charge < -0.3 is 0 Å². The van der Waals surface area contributed by atoms with Crippen molar-refractivity contribution >= 4 is 33.4 Å². The predicted molar refractivity (Wildman–Crippen MR) is 58.9 cm³/mol. The van der Waals surface area contributed by atoms with Crippen LogP contribution < -0.4 is 4.90 Å². The van der Waals surface area contributed by atoms with Gasteiger partial charge in [0.2, 0.25) is 5.91 Å². The van der Waals surface area contributed by atoms with Crippen molar-refractivity contribution in [2.45, 2.75) is 11.2 Å². The average molecular weight is 287 g/mol. The smallest absolute Gasteiger partial charge is 0.249 e. The number of anilines is 1. The zero-order chi connectivity index (χ0) is 11.7. The zero-order valence-corrected chi connectivity index (χ0v) is 9.78. The highest BCUT2D eigenvalue weighted by Crippen LogP contribution is 2.21. The molecule has 0 aromatic carbocycles. The number of alkyl halides is 1. The zero-order valence-electron chi connectivity index (χ0n) is 8.19. The number of nitrogens with zero attached hydrogens (tertiary/aromatic N) is 2. The van der Waals surface area contributed by atoms with Crippen LogP contribution >= 0.6 is 15.9 Å². The Morgan fingerprint density at radius 3 is 2.81 bits per heavy atom. The van der Waals surface area contributed by atoms with Crippen molar-refractivity contribution in [1.82, 2.24) is 4.98 Å². The number of piperidine rings is 1. The summed E-state index contributed by atoms with van der Waals surface area (Å²) in [6.07, 6.45) is 1.32. The van der Waals surface area contributed by atoms with Crippen molar-refractivity contribution < 1.29 is 14.0 Å². The number of Topliss-reactive ketones (excluding diaryl/α,β-unsaturated/α-hetero) is 1. The van der Waals surface area contributed by atoms with E-state index in [9.17, 15) is 14.0 Å². The molecule has 0 aliphatic carbocycles. The molecular weight excluding hydrogens is 279 g/mol. The van der Waals surface area contributed by atoms with Crippen LogP contribution in [0.25, 0.3) is 0 Å². The van der Waals surface area contributed by atoms with Crippen LogP contribution in [0.2, 0.25) is 0 Å². The minimum atomic E-state index is -0.812. The Bertz CT molecular complexity index is 435. The highest BCUT2D eigenvalue weighted by atomic mass is 79.9. The summed E-state index contributed by atoms with van der Waals surface area (Å²) in [5.41, 5.74) is 0. The SMILES string of the molecule is O=C1CCN(c2ccc(F)cn2)C(=O)C1Br. The first-order chi connectivity index (χ1) is 7.59. The molecule has 2 heterocycles. The summed E-state index contributed by atoms with van der Waals surface area (Å²) in [6.45, 7) is 0.290. The van der Waals surface area contributed by atoms with Gasteiger partial charge in [0.15, 0.2) is 10.6 Å². The lowest BCUT2D eigenvalue weighted by Gasteiger charge is -2.27. The number of halogens is 2. The lowest BCUT2D eigenvalue weighted by atomic mass is 10.1. The first kappa shape index (κ1) is 11.2. The Morgan fingerprint density at radius 2 is 2.19 bits per heavy atom.